The largest absolute Gasteiger partial charge is 0.383 e. The number of halogens is 1. The summed E-state index contributed by atoms with van der Waals surface area (Å²) in [5.74, 6) is -1.89. The number of aryl methyl sites for hydroxylation is 3. The second kappa shape index (κ2) is 12.0. The van der Waals surface area contributed by atoms with Crippen molar-refractivity contribution in [2.24, 2.45) is 7.05 Å². The molecule has 0 unspecified atom stereocenters. The van der Waals surface area contributed by atoms with Crippen molar-refractivity contribution >= 4 is 34.8 Å². The van der Waals surface area contributed by atoms with Gasteiger partial charge in [0.15, 0.2) is 5.69 Å². The van der Waals surface area contributed by atoms with Gasteiger partial charge >= 0.3 is 5.91 Å². The fraction of sp³-hybridized carbons (Fsp3) is 0.207. The molecular formula is C29H30FN6O5+. The second-order valence-electron chi connectivity index (χ2n) is 9.25. The summed E-state index contributed by atoms with van der Waals surface area (Å²) in [4.78, 5) is 55.4. The predicted octanol–water partition coefficient (Wildman–Crippen LogP) is 2.88. The van der Waals surface area contributed by atoms with Crippen molar-refractivity contribution < 1.29 is 28.6 Å². The number of nitrogens with zero attached hydrogens (tertiary/aromatic N) is 2. The van der Waals surface area contributed by atoms with Crippen LogP contribution in [-0.4, -0.2) is 41.0 Å². The Labute approximate surface area is 234 Å². The van der Waals surface area contributed by atoms with Gasteiger partial charge in [0.1, 0.15) is 22.8 Å². The molecule has 12 heteroatoms. The van der Waals surface area contributed by atoms with E-state index in [2.05, 4.69) is 20.9 Å². The molecule has 2 aromatic heterocycles. The Morgan fingerprint density at radius 2 is 1.73 bits per heavy atom. The van der Waals surface area contributed by atoms with Crippen LogP contribution >= 0.6 is 0 Å². The highest BCUT2D eigenvalue weighted by atomic mass is 19.1. The zero-order valence-corrected chi connectivity index (χ0v) is 23.2. The molecule has 0 aliphatic carbocycles. The van der Waals surface area contributed by atoms with E-state index in [9.17, 15) is 23.6 Å². The lowest BCUT2D eigenvalue weighted by molar-refractivity contribution is -0.463. The van der Waals surface area contributed by atoms with Crippen LogP contribution in [0.5, 0.6) is 0 Å². The molecule has 4 aromatic rings. The van der Waals surface area contributed by atoms with Gasteiger partial charge in [-0.1, -0.05) is 0 Å². The van der Waals surface area contributed by atoms with Gasteiger partial charge < -0.3 is 20.5 Å². The van der Waals surface area contributed by atoms with Crippen molar-refractivity contribution in [3.05, 3.63) is 93.0 Å². The van der Waals surface area contributed by atoms with E-state index in [4.69, 9.17) is 4.52 Å². The molecule has 11 nitrogen and oxygen atoms in total. The molecule has 0 radical (unpaired) electrons. The Kier molecular flexibility index (Phi) is 8.43. The number of hydrogen-bond donors (Lipinski definition) is 4. The van der Waals surface area contributed by atoms with Gasteiger partial charge in [-0.3, -0.25) is 14.4 Å². The number of carbonyl (C=O) groups is 3. The van der Waals surface area contributed by atoms with E-state index in [1.165, 1.54) is 31.5 Å². The maximum absolute atomic E-state index is 14.1. The van der Waals surface area contributed by atoms with Gasteiger partial charge in [0.05, 0.1) is 16.8 Å². The molecule has 0 spiro atoms. The fourth-order valence-corrected chi connectivity index (χ4v) is 4.39. The summed E-state index contributed by atoms with van der Waals surface area (Å²) in [5, 5.41) is 9.48. The summed E-state index contributed by atoms with van der Waals surface area (Å²) < 4.78 is 20.6. The van der Waals surface area contributed by atoms with Crippen LogP contribution in [-0.2, 0) is 7.05 Å². The summed E-state index contributed by atoms with van der Waals surface area (Å²) in [6.45, 7) is 5.58. The first-order valence-corrected chi connectivity index (χ1v) is 12.8. The van der Waals surface area contributed by atoms with Gasteiger partial charge in [0.2, 0.25) is 0 Å². The molecular weight excluding hydrogens is 531 g/mol. The first-order valence-electron chi connectivity index (χ1n) is 12.8. The average molecular weight is 562 g/mol. The summed E-state index contributed by atoms with van der Waals surface area (Å²) in [7, 11) is 2.91. The topological polar surface area (TPSA) is 152 Å². The third kappa shape index (κ3) is 6.07. The van der Waals surface area contributed by atoms with Crippen LogP contribution in [0.1, 0.15) is 49.6 Å². The molecule has 212 valence electrons. The summed E-state index contributed by atoms with van der Waals surface area (Å²) in [6, 6.07) is 12.1. The second-order valence-corrected chi connectivity index (χ2v) is 9.25. The molecule has 0 saturated heterocycles. The number of aromatic nitrogens is 2. The molecule has 4 rings (SSSR count). The van der Waals surface area contributed by atoms with Gasteiger partial charge in [-0.25, -0.2) is 19.5 Å². The number of nitrogens with two attached hydrogens (primary N) is 1. The first kappa shape index (κ1) is 28.9. The van der Waals surface area contributed by atoms with E-state index in [0.717, 1.165) is 10.8 Å². The molecule has 0 aliphatic rings. The van der Waals surface area contributed by atoms with Gasteiger partial charge in [-0.05, 0) is 62.7 Å². The maximum Gasteiger partial charge on any atom is 0.349 e. The number of primary amides is 1. The Morgan fingerprint density at radius 1 is 1.02 bits per heavy atom. The quantitative estimate of drug-likeness (QED) is 0.242. The highest BCUT2D eigenvalue weighted by Gasteiger charge is 2.25. The van der Waals surface area contributed by atoms with Crippen LogP contribution < -0.4 is 26.8 Å². The molecule has 41 heavy (non-hydrogen) atoms. The van der Waals surface area contributed by atoms with Crippen LogP contribution in [0.2, 0.25) is 0 Å². The first-order chi connectivity index (χ1) is 19.5. The van der Waals surface area contributed by atoms with E-state index < -0.39 is 17.6 Å². The number of pyridine rings is 1. The Morgan fingerprint density at radius 3 is 2.34 bits per heavy atom. The standard InChI is InChI=1S/C29H29FN6O5/c1-6-32-24-21(27(38)34-18-9-7-17(8-10-18)23-16(3)41-36(5)29(23)40)13-15(2)33-25(24)28(39)35-19-11-12-22(30)20(14-19)26(37)31-4/h7-14,32H,6H2,1-5H3,(H,31,37)(H,34,38)(H,35,39)/p+1. The molecule has 2 aromatic carbocycles. The molecule has 3 amide bonds. The summed E-state index contributed by atoms with van der Waals surface area (Å²) >= 11 is 0. The number of amides is 3. The van der Waals surface area contributed by atoms with Crippen molar-refractivity contribution in [3.63, 3.8) is 0 Å². The number of hydrogen-bond acceptors (Lipinski definition) is 7. The number of quaternary nitrogens is 1. The molecule has 0 aliphatic heterocycles. The number of rotatable bonds is 8. The van der Waals surface area contributed by atoms with Crippen LogP contribution in [0, 0.1) is 19.7 Å². The molecule has 5 N–H and O–H groups in total. The van der Waals surface area contributed by atoms with E-state index in [-0.39, 0.29) is 39.7 Å². The zero-order chi connectivity index (χ0) is 29.8. The third-order valence-corrected chi connectivity index (χ3v) is 6.30. The number of anilines is 2. The molecule has 0 fully saturated rings. The van der Waals surface area contributed by atoms with Crippen LogP contribution in [0.3, 0.4) is 0 Å². The van der Waals surface area contributed by atoms with E-state index in [1.807, 2.05) is 6.92 Å². The average Bonchev–Trinajstić information content (AvgIpc) is 3.20. The van der Waals surface area contributed by atoms with Gasteiger partial charge in [0.25, 0.3) is 17.4 Å². The number of carbonyl (C=O) groups excluding carboxylic acids is 3. The van der Waals surface area contributed by atoms with Crippen molar-refractivity contribution in [2.75, 3.05) is 24.2 Å². The van der Waals surface area contributed by atoms with Crippen molar-refractivity contribution in [1.29, 1.82) is 0 Å². The van der Waals surface area contributed by atoms with E-state index in [0.29, 0.717) is 34.8 Å². The van der Waals surface area contributed by atoms with Crippen LogP contribution in [0.15, 0.2) is 57.8 Å². The molecule has 2 heterocycles. The zero-order valence-electron chi connectivity index (χ0n) is 23.2. The number of nitrogens with one attached hydrogen (secondary N) is 3. The predicted molar refractivity (Wildman–Crippen MR) is 151 cm³/mol. The van der Waals surface area contributed by atoms with Gasteiger partial charge in [-0.2, -0.15) is 4.74 Å². The highest BCUT2D eigenvalue weighted by molar-refractivity contribution is 6.10. The number of benzene rings is 2. The fourth-order valence-electron chi connectivity index (χ4n) is 4.39. The minimum atomic E-state index is -0.733. The summed E-state index contributed by atoms with van der Waals surface area (Å²) in [5.41, 5.74) is 2.27. The Bertz CT molecular complexity index is 1710. The van der Waals surface area contributed by atoms with Crippen LogP contribution in [0.4, 0.5) is 21.5 Å². The van der Waals surface area contributed by atoms with Crippen LogP contribution in [0.25, 0.3) is 11.1 Å². The van der Waals surface area contributed by atoms with Gasteiger partial charge in [-0.15, -0.1) is 0 Å². The van der Waals surface area contributed by atoms with Gasteiger partial charge in [0, 0.05) is 44.2 Å². The third-order valence-electron chi connectivity index (χ3n) is 6.30. The Balaban J connectivity index is 1.62. The molecule has 0 atom stereocenters. The minimum absolute atomic E-state index is 0.0314. The van der Waals surface area contributed by atoms with Crippen molar-refractivity contribution in [1.82, 2.24) is 15.0 Å². The normalized spacial score (nSPS) is 10.8. The van der Waals surface area contributed by atoms with E-state index in [1.54, 1.807) is 44.2 Å². The lowest BCUT2D eigenvalue weighted by Crippen LogP contribution is -2.82. The summed E-state index contributed by atoms with van der Waals surface area (Å²) in [6.07, 6.45) is 0. The SMILES string of the molecule is CCNc1c(C(=O)[NH2+]c2ccc(-c3c(C)on(C)c3=O)cc2)cc(C)nc1C(=O)Nc1ccc(F)c(C(=O)NC)c1. The molecule has 0 bridgehead atoms. The smallest absolute Gasteiger partial charge is 0.349 e. The maximum atomic E-state index is 14.1. The highest BCUT2D eigenvalue weighted by Crippen LogP contribution is 2.24. The van der Waals surface area contributed by atoms with Crippen molar-refractivity contribution in [2.45, 2.75) is 20.8 Å². The monoisotopic (exact) mass is 561 g/mol. The molecule has 0 saturated carbocycles. The van der Waals surface area contributed by atoms with Crippen molar-refractivity contribution in [3.8, 4) is 11.1 Å². The Hall–Kier alpha value is -5.10. The van der Waals surface area contributed by atoms with E-state index >= 15 is 0 Å². The minimum Gasteiger partial charge on any atom is -0.383 e. The lowest BCUT2D eigenvalue weighted by atomic mass is 10.1. The lowest BCUT2D eigenvalue weighted by Gasteiger charge is -2.15.